The van der Waals surface area contributed by atoms with Crippen LogP contribution in [-0.2, 0) is 32.1 Å². The van der Waals surface area contributed by atoms with Crippen molar-refractivity contribution in [2.24, 2.45) is 11.3 Å². The van der Waals surface area contributed by atoms with E-state index in [0.717, 1.165) is 0 Å². The molecule has 0 bridgehead atoms. The summed E-state index contributed by atoms with van der Waals surface area (Å²) in [5, 5.41) is 0. The first kappa shape index (κ1) is 37.2. The second-order valence-corrected chi connectivity index (χ2v) is 23.7. The molecule has 0 nitrogen and oxygen atoms in total. The number of allylic oxidation sites excluding steroid dienone is 8. The van der Waals surface area contributed by atoms with Crippen LogP contribution in [0.1, 0.15) is 131 Å². The van der Waals surface area contributed by atoms with Crippen molar-refractivity contribution in [3.8, 4) is 11.1 Å². The Morgan fingerprint density at radius 3 is 1.56 bits per heavy atom. The Morgan fingerprint density at radius 1 is 0.688 bits per heavy atom. The average Bonchev–Trinajstić information content (AvgIpc) is 3.59. The molecule has 0 saturated heterocycles. The third kappa shape index (κ3) is 5.64. The Morgan fingerprint density at radius 2 is 1.15 bits per heavy atom. The van der Waals surface area contributed by atoms with Crippen molar-refractivity contribution in [1.29, 1.82) is 0 Å². The fourth-order valence-corrected chi connectivity index (χ4v) is 18.9. The van der Waals surface area contributed by atoms with Crippen LogP contribution >= 0.6 is 0 Å². The van der Waals surface area contributed by atoms with E-state index in [-0.39, 0.29) is 41.1 Å². The number of benzene rings is 3. The summed E-state index contributed by atoms with van der Waals surface area (Å²) in [4.78, 5) is 0. The summed E-state index contributed by atoms with van der Waals surface area (Å²) in [5.74, 6) is 0.473. The van der Waals surface area contributed by atoms with Crippen LogP contribution in [0, 0.1) is 18.3 Å². The van der Waals surface area contributed by atoms with Gasteiger partial charge in [0.25, 0.3) is 0 Å². The molecule has 3 aromatic carbocycles. The molecule has 0 N–H and O–H groups in total. The van der Waals surface area contributed by atoms with Crippen molar-refractivity contribution in [3.63, 3.8) is 0 Å². The van der Waals surface area contributed by atoms with Gasteiger partial charge in [-0.3, -0.25) is 0 Å². The maximum Gasteiger partial charge on any atom is -1.00 e. The van der Waals surface area contributed by atoms with E-state index in [4.69, 9.17) is 0 Å². The van der Waals surface area contributed by atoms with E-state index in [1.54, 1.807) is 28.8 Å². The topological polar surface area (TPSA) is 0 Å². The van der Waals surface area contributed by atoms with Gasteiger partial charge in [-0.05, 0) is 0 Å². The molecule has 3 heteroatoms. The molecule has 4 aliphatic rings. The van der Waals surface area contributed by atoms with E-state index < -0.39 is 21.3 Å². The van der Waals surface area contributed by atoms with Crippen LogP contribution in [0.2, 0.25) is 0 Å². The molecule has 0 heterocycles. The number of rotatable bonds is 3. The number of hydrogen-bond donors (Lipinski definition) is 0. The smallest absolute Gasteiger partial charge is 1.00 e. The molecule has 1 atom stereocenters. The molecule has 0 spiro atoms. The van der Waals surface area contributed by atoms with Crippen LogP contribution in [-0.4, -0.2) is 3.21 Å². The molecule has 0 aliphatic heterocycles. The van der Waals surface area contributed by atoms with E-state index in [9.17, 15) is 0 Å². The molecule has 250 valence electrons. The van der Waals surface area contributed by atoms with E-state index in [1.165, 1.54) is 55.7 Å². The Labute approximate surface area is 310 Å². The van der Waals surface area contributed by atoms with Crippen molar-refractivity contribution in [2.75, 3.05) is 0 Å². The molecule has 0 saturated carbocycles. The van der Waals surface area contributed by atoms with Gasteiger partial charge in [-0.25, -0.2) is 0 Å². The molecule has 4 aliphatic carbocycles. The van der Waals surface area contributed by atoms with E-state index >= 15 is 0 Å². The summed E-state index contributed by atoms with van der Waals surface area (Å²) < 4.78 is 3.93. The first-order chi connectivity index (χ1) is 21.4. The van der Waals surface area contributed by atoms with Gasteiger partial charge < -0.3 is 24.8 Å². The zero-order valence-corrected chi connectivity index (χ0v) is 35.2. The molecule has 0 radical (unpaired) electrons. The van der Waals surface area contributed by atoms with E-state index in [0.29, 0.717) is 9.54 Å². The first-order valence-electron chi connectivity index (χ1n) is 17.4. The number of fused-ring (bicyclic) bond motifs is 5. The van der Waals surface area contributed by atoms with Crippen LogP contribution in [0.3, 0.4) is 0 Å². The Kier molecular flexibility index (Phi) is 9.55. The average molecular weight is 755 g/mol. The van der Waals surface area contributed by atoms with Crippen LogP contribution in [0.4, 0.5) is 0 Å². The van der Waals surface area contributed by atoms with Gasteiger partial charge in [0.15, 0.2) is 0 Å². The summed E-state index contributed by atoms with van der Waals surface area (Å²) in [6.45, 7) is 31.2. The number of hydrogen-bond acceptors (Lipinski definition) is 0. The zero-order valence-electron chi connectivity index (χ0n) is 31.3. The maximum absolute atomic E-state index is 2.71. The molecule has 7 rings (SSSR count). The molecular formula is C45H52Cl2Zr. The first-order valence-corrected chi connectivity index (χ1v) is 21.3. The van der Waals surface area contributed by atoms with Crippen molar-refractivity contribution >= 4 is 14.4 Å². The quantitative estimate of drug-likeness (QED) is 0.299. The van der Waals surface area contributed by atoms with Crippen LogP contribution in [0.25, 0.3) is 22.3 Å². The van der Waals surface area contributed by atoms with Crippen molar-refractivity contribution in [1.82, 2.24) is 0 Å². The third-order valence-electron chi connectivity index (χ3n) is 11.6. The fraction of sp³-hybridized carbons (Fsp3) is 0.400. The SMILES string of the molecule is CC1=CC(C)(C)c2cc3c(cc21)-c1cc2c(cc1[CH]3/[Zr+2]([C]1=C(C)C(C(C)(C)C)=CC1C)=[C](\C)c1ccc(C)cc1)C(C)(C)C=C2C.[Cl-].[Cl-]. The molecule has 48 heavy (non-hydrogen) atoms. The minimum absolute atomic E-state index is 0. The summed E-state index contributed by atoms with van der Waals surface area (Å²) in [6, 6.07) is 20.0. The van der Waals surface area contributed by atoms with Gasteiger partial charge in [-0.1, -0.05) is 0 Å². The second kappa shape index (κ2) is 12.3. The standard InChI is InChI=1S/C25H25.C11H17.C9H10.2ClH.Zr/c1-14-12-24(3,4)22-8-16-7-17-9-23-19(15(2)13-25(23,5)6)11-21(17)20(16)10-18(14)22;1-8-6-9(2)10(7-8)11(3,4)5;1-3-9-6-4-8(2)5-7-9;;;/h7-13H,1-6H3;7-8H,1-5H3;4-7H,1-2H3;2*1H;/q;;;;;+2/p-2. The van der Waals surface area contributed by atoms with Gasteiger partial charge >= 0.3 is 288 Å². The maximum atomic E-state index is 2.68. The summed E-state index contributed by atoms with van der Waals surface area (Å²) in [7, 11) is 0. The van der Waals surface area contributed by atoms with Crippen LogP contribution in [0.5, 0.6) is 0 Å². The van der Waals surface area contributed by atoms with Gasteiger partial charge in [0.2, 0.25) is 0 Å². The van der Waals surface area contributed by atoms with Crippen LogP contribution in [0.15, 0.2) is 81.2 Å². The molecule has 3 aromatic rings. The predicted molar refractivity (Wildman–Crippen MR) is 197 cm³/mol. The van der Waals surface area contributed by atoms with Gasteiger partial charge in [-0.15, -0.1) is 0 Å². The Balaban J connectivity index is 0.00000225. The Hall–Kier alpha value is -2.05. The number of halogens is 2. The Bertz CT molecular complexity index is 1930. The summed E-state index contributed by atoms with van der Waals surface area (Å²) in [5.41, 5.74) is 21.1. The fourth-order valence-electron chi connectivity index (χ4n) is 9.51. The van der Waals surface area contributed by atoms with Gasteiger partial charge in [0.05, 0.1) is 0 Å². The number of aryl methyl sites for hydroxylation is 1. The van der Waals surface area contributed by atoms with Gasteiger partial charge in [0.1, 0.15) is 0 Å². The van der Waals surface area contributed by atoms with Crippen molar-refractivity contribution in [2.45, 2.75) is 104 Å². The van der Waals surface area contributed by atoms with Crippen LogP contribution < -0.4 is 24.8 Å². The zero-order chi connectivity index (χ0) is 33.2. The molecule has 1 unspecified atom stereocenters. The summed E-state index contributed by atoms with van der Waals surface area (Å²) >= 11 is -2.71. The second-order valence-electron chi connectivity index (χ2n) is 17.1. The molecular weight excluding hydrogens is 703 g/mol. The van der Waals surface area contributed by atoms with Gasteiger partial charge in [0, 0.05) is 0 Å². The predicted octanol–water partition coefficient (Wildman–Crippen LogP) is 6.22. The van der Waals surface area contributed by atoms with Crippen molar-refractivity contribution < 1.29 is 46.1 Å². The molecule has 0 fully saturated rings. The van der Waals surface area contributed by atoms with E-state index in [2.05, 4.69) is 157 Å². The normalized spacial score (nSPS) is 20.1. The summed E-state index contributed by atoms with van der Waals surface area (Å²) in [6.07, 6.45) is 7.62. The van der Waals surface area contributed by atoms with Gasteiger partial charge in [-0.2, -0.15) is 0 Å². The molecule has 0 amide bonds. The van der Waals surface area contributed by atoms with Crippen molar-refractivity contribution in [3.05, 3.63) is 126 Å². The minimum Gasteiger partial charge on any atom is -1.00 e. The third-order valence-corrected chi connectivity index (χ3v) is 20.8. The largest absolute Gasteiger partial charge is 1.00 e. The van der Waals surface area contributed by atoms with E-state index in [1.807, 2.05) is 0 Å². The minimum atomic E-state index is -2.71. The molecule has 0 aromatic heterocycles. The monoisotopic (exact) mass is 752 g/mol.